The fraction of sp³-hybridized carbons (Fsp3) is 0.333. The van der Waals surface area contributed by atoms with Crippen LogP contribution in [0.3, 0.4) is 0 Å². The van der Waals surface area contributed by atoms with Crippen LogP contribution in [-0.4, -0.2) is 71.4 Å². The summed E-state index contributed by atoms with van der Waals surface area (Å²) in [7, 11) is 1.76. The number of amides is 2. The lowest BCUT2D eigenvalue weighted by atomic mass is 9.88. The zero-order chi connectivity index (χ0) is 20.0. The van der Waals surface area contributed by atoms with Gasteiger partial charge in [0.2, 0.25) is 5.91 Å². The van der Waals surface area contributed by atoms with E-state index in [0.717, 1.165) is 34.7 Å². The Kier molecular flexibility index (Phi) is 4.43. The summed E-state index contributed by atoms with van der Waals surface area (Å²) in [4.78, 5) is 40.4. The number of hydrogen-bond acceptors (Lipinski definition) is 6. The van der Waals surface area contributed by atoms with Crippen molar-refractivity contribution in [1.29, 1.82) is 0 Å². The molecule has 0 N–H and O–H groups in total. The molecule has 2 aliphatic rings. The molecule has 148 valence electrons. The van der Waals surface area contributed by atoms with Crippen molar-refractivity contribution in [3.63, 3.8) is 0 Å². The van der Waals surface area contributed by atoms with Gasteiger partial charge in [-0.25, -0.2) is 9.97 Å². The molecule has 2 amide bonds. The second-order valence-corrected chi connectivity index (χ2v) is 8.39. The van der Waals surface area contributed by atoms with Crippen molar-refractivity contribution in [3.8, 4) is 0 Å². The maximum Gasteiger partial charge on any atom is 0.253 e. The van der Waals surface area contributed by atoms with Crippen molar-refractivity contribution >= 4 is 39.2 Å². The third kappa shape index (κ3) is 3.04. The van der Waals surface area contributed by atoms with Gasteiger partial charge in [-0.2, -0.15) is 0 Å². The molecule has 0 spiro atoms. The van der Waals surface area contributed by atoms with E-state index in [4.69, 9.17) is 0 Å². The van der Waals surface area contributed by atoms with Gasteiger partial charge in [0.1, 0.15) is 12.1 Å². The van der Waals surface area contributed by atoms with E-state index in [1.54, 1.807) is 29.6 Å². The highest BCUT2D eigenvalue weighted by Crippen LogP contribution is 2.31. The van der Waals surface area contributed by atoms with Crippen LogP contribution in [0.15, 0.2) is 42.0 Å². The van der Waals surface area contributed by atoms with E-state index in [-0.39, 0.29) is 17.7 Å². The Balaban J connectivity index is 1.34. The second kappa shape index (κ2) is 7.11. The lowest BCUT2D eigenvalue weighted by molar-refractivity contribution is -0.133. The molecule has 4 heterocycles. The maximum absolute atomic E-state index is 13.3. The molecule has 8 heteroatoms. The van der Waals surface area contributed by atoms with Crippen LogP contribution in [0.1, 0.15) is 21.8 Å². The molecular weight excluding hydrogens is 386 g/mol. The van der Waals surface area contributed by atoms with Crippen LogP contribution in [0.5, 0.6) is 0 Å². The van der Waals surface area contributed by atoms with Crippen LogP contribution in [0.25, 0.3) is 10.2 Å². The van der Waals surface area contributed by atoms with Gasteiger partial charge in [-0.05, 0) is 23.1 Å². The summed E-state index contributed by atoms with van der Waals surface area (Å²) in [5, 5.41) is 2.03. The summed E-state index contributed by atoms with van der Waals surface area (Å²) >= 11 is 1.65. The van der Waals surface area contributed by atoms with Gasteiger partial charge in [0.25, 0.3) is 5.91 Å². The molecule has 0 radical (unpaired) electrons. The van der Waals surface area contributed by atoms with Crippen molar-refractivity contribution < 1.29 is 9.59 Å². The molecule has 1 aromatic carbocycles. The van der Waals surface area contributed by atoms with E-state index in [9.17, 15) is 9.59 Å². The number of fused-ring (bicyclic) bond motifs is 2. The molecule has 5 rings (SSSR count). The van der Waals surface area contributed by atoms with Crippen LogP contribution in [0, 0.1) is 0 Å². The summed E-state index contributed by atoms with van der Waals surface area (Å²) in [6.07, 6.45) is 1.60. The largest absolute Gasteiger partial charge is 0.352 e. The first-order chi connectivity index (χ1) is 14.1. The molecule has 29 heavy (non-hydrogen) atoms. The summed E-state index contributed by atoms with van der Waals surface area (Å²) in [6.45, 7) is 3.19. The minimum absolute atomic E-state index is 0.0156. The Morgan fingerprint density at radius 2 is 1.90 bits per heavy atom. The maximum atomic E-state index is 13.3. The van der Waals surface area contributed by atoms with Gasteiger partial charge >= 0.3 is 0 Å². The molecule has 0 aliphatic carbocycles. The van der Waals surface area contributed by atoms with Crippen molar-refractivity contribution in [2.45, 2.75) is 5.92 Å². The number of carbonyl (C=O) groups excluding carboxylic acids is 2. The Morgan fingerprint density at radius 3 is 2.72 bits per heavy atom. The van der Waals surface area contributed by atoms with E-state index in [1.807, 2.05) is 40.6 Å². The number of benzene rings is 1. The Bertz CT molecular complexity index is 1090. The zero-order valence-electron chi connectivity index (χ0n) is 16.1. The number of nitrogens with zero attached hydrogens (tertiary/aromatic N) is 5. The van der Waals surface area contributed by atoms with Gasteiger partial charge in [0.15, 0.2) is 0 Å². The molecule has 1 fully saturated rings. The number of aromatic nitrogens is 2. The van der Waals surface area contributed by atoms with Gasteiger partial charge in [-0.3, -0.25) is 9.59 Å². The zero-order valence-corrected chi connectivity index (χ0v) is 16.9. The van der Waals surface area contributed by atoms with Crippen molar-refractivity contribution in [2.75, 3.05) is 44.7 Å². The molecule has 7 nitrogen and oxygen atoms in total. The monoisotopic (exact) mass is 407 g/mol. The summed E-state index contributed by atoms with van der Waals surface area (Å²) in [6, 6.07) is 9.48. The molecule has 0 bridgehead atoms. The smallest absolute Gasteiger partial charge is 0.253 e. The van der Waals surface area contributed by atoms with Crippen LogP contribution in [0.2, 0.25) is 0 Å². The number of carbonyl (C=O) groups is 2. The molecule has 1 unspecified atom stereocenters. The average molecular weight is 407 g/mol. The molecule has 2 aromatic heterocycles. The minimum Gasteiger partial charge on any atom is -0.352 e. The third-order valence-corrected chi connectivity index (χ3v) is 6.68. The van der Waals surface area contributed by atoms with E-state index in [2.05, 4.69) is 14.9 Å². The van der Waals surface area contributed by atoms with Crippen molar-refractivity contribution in [1.82, 2.24) is 19.8 Å². The number of likely N-dealkylation sites (N-methyl/N-ethyl adjacent to an activating group) is 1. The molecule has 1 saturated heterocycles. The quantitative estimate of drug-likeness (QED) is 0.652. The normalized spacial score (nSPS) is 19.6. The number of hydrogen-bond donors (Lipinski definition) is 0. The Hall–Kier alpha value is -3.00. The van der Waals surface area contributed by atoms with E-state index in [0.29, 0.717) is 25.2 Å². The predicted octanol–water partition coefficient (Wildman–Crippen LogP) is 2.21. The number of piperazine rings is 1. The average Bonchev–Trinajstić information content (AvgIpc) is 3.25. The number of rotatable bonds is 2. The van der Waals surface area contributed by atoms with E-state index < -0.39 is 0 Å². The minimum atomic E-state index is -0.302. The topological polar surface area (TPSA) is 69.6 Å². The van der Waals surface area contributed by atoms with Crippen LogP contribution < -0.4 is 4.90 Å². The number of thiophene rings is 1. The van der Waals surface area contributed by atoms with Gasteiger partial charge < -0.3 is 14.7 Å². The highest BCUT2D eigenvalue weighted by Gasteiger charge is 2.36. The van der Waals surface area contributed by atoms with Gasteiger partial charge in [-0.1, -0.05) is 18.2 Å². The van der Waals surface area contributed by atoms with Gasteiger partial charge in [0.05, 0.1) is 16.1 Å². The van der Waals surface area contributed by atoms with E-state index in [1.165, 1.54) is 0 Å². The first-order valence-electron chi connectivity index (χ1n) is 9.70. The molecule has 1 atom stereocenters. The van der Waals surface area contributed by atoms with Crippen LogP contribution in [0.4, 0.5) is 5.82 Å². The standard InChI is InChI=1S/C21H21N5O2S/c1-24-12-16(14-4-2-3-5-15(14)20(24)27)21(28)26-9-7-25(8-10-26)19-18-17(6-11-29-18)22-13-23-19/h2-6,11,13,16H,7-10,12H2,1H3. The fourth-order valence-electron chi connectivity index (χ4n) is 4.23. The fourth-order valence-corrected chi connectivity index (χ4v) is 5.09. The third-order valence-electron chi connectivity index (χ3n) is 5.78. The summed E-state index contributed by atoms with van der Waals surface area (Å²) < 4.78 is 1.09. The Labute approximate surface area is 172 Å². The highest BCUT2D eigenvalue weighted by atomic mass is 32.1. The Morgan fingerprint density at radius 1 is 1.10 bits per heavy atom. The van der Waals surface area contributed by atoms with Crippen molar-refractivity contribution in [3.05, 3.63) is 53.2 Å². The molecule has 0 saturated carbocycles. The van der Waals surface area contributed by atoms with E-state index >= 15 is 0 Å². The molecule has 2 aliphatic heterocycles. The SMILES string of the molecule is CN1CC(C(=O)N2CCN(c3ncnc4ccsc34)CC2)c2ccccc2C1=O. The lowest BCUT2D eigenvalue weighted by Gasteiger charge is -2.39. The first-order valence-corrected chi connectivity index (χ1v) is 10.6. The lowest BCUT2D eigenvalue weighted by Crippen LogP contribution is -2.52. The molecule has 3 aromatic rings. The van der Waals surface area contributed by atoms with Crippen molar-refractivity contribution in [2.24, 2.45) is 0 Å². The second-order valence-electron chi connectivity index (χ2n) is 7.47. The van der Waals surface area contributed by atoms with Crippen LogP contribution >= 0.6 is 11.3 Å². The molecular formula is C21H21N5O2S. The number of anilines is 1. The van der Waals surface area contributed by atoms with Crippen LogP contribution in [-0.2, 0) is 4.79 Å². The highest BCUT2D eigenvalue weighted by molar-refractivity contribution is 7.17. The predicted molar refractivity (Wildman–Crippen MR) is 112 cm³/mol. The summed E-state index contributed by atoms with van der Waals surface area (Å²) in [5.74, 6) is 0.729. The van der Waals surface area contributed by atoms with Gasteiger partial charge in [0, 0.05) is 45.3 Å². The summed E-state index contributed by atoms with van der Waals surface area (Å²) in [5.41, 5.74) is 2.45. The first kappa shape index (κ1) is 18.1. The van der Waals surface area contributed by atoms with Gasteiger partial charge in [-0.15, -0.1) is 11.3 Å².